The number of amides is 2. The average Bonchev–Trinajstić information content (AvgIpc) is 2.19. The molecular formula is C12H24N2O4. The number of hydrogen-bond acceptors (Lipinski definition) is 3. The summed E-state index contributed by atoms with van der Waals surface area (Å²) in [7, 11) is 0. The van der Waals surface area contributed by atoms with Gasteiger partial charge in [0.2, 0.25) is 0 Å². The number of nitrogens with zero attached hydrogens (tertiary/aromatic N) is 2. The van der Waals surface area contributed by atoms with Gasteiger partial charge in [0.1, 0.15) is 6.54 Å². The molecule has 6 nitrogen and oxygen atoms in total. The summed E-state index contributed by atoms with van der Waals surface area (Å²) in [5.74, 6) is -1.05. The molecule has 6 heteroatoms. The summed E-state index contributed by atoms with van der Waals surface area (Å²) in [6.07, 6.45) is 0. The van der Waals surface area contributed by atoms with Crippen LogP contribution in [-0.4, -0.2) is 63.3 Å². The zero-order valence-electron chi connectivity index (χ0n) is 11.8. The van der Waals surface area contributed by atoms with Crippen molar-refractivity contribution in [3.8, 4) is 0 Å². The Morgan fingerprint density at radius 1 is 1.22 bits per heavy atom. The molecule has 0 aromatic carbocycles. The first-order valence-electron chi connectivity index (χ1n) is 6.02. The van der Waals surface area contributed by atoms with Crippen LogP contribution in [0.5, 0.6) is 0 Å². The van der Waals surface area contributed by atoms with Gasteiger partial charge in [0.05, 0.1) is 6.61 Å². The van der Waals surface area contributed by atoms with Crippen LogP contribution >= 0.6 is 0 Å². The van der Waals surface area contributed by atoms with Gasteiger partial charge in [-0.25, -0.2) is 4.79 Å². The fourth-order valence-corrected chi connectivity index (χ4v) is 1.56. The molecule has 0 bridgehead atoms. The van der Waals surface area contributed by atoms with Crippen LogP contribution in [0.3, 0.4) is 0 Å². The lowest BCUT2D eigenvalue weighted by atomic mass is 10.1. The zero-order chi connectivity index (χ0) is 14.5. The largest absolute Gasteiger partial charge is 0.480 e. The van der Waals surface area contributed by atoms with Crippen molar-refractivity contribution in [1.29, 1.82) is 0 Å². The van der Waals surface area contributed by atoms with Crippen molar-refractivity contribution in [2.75, 3.05) is 19.7 Å². The van der Waals surface area contributed by atoms with Gasteiger partial charge in [-0.3, -0.25) is 4.79 Å². The maximum atomic E-state index is 12.3. The average molecular weight is 260 g/mol. The molecule has 0 aliphatic heterocycles. The van der Waals surface area contributed by atoms with Crippen LogP contribution in [0.4, 0.5) is 4.79 Å². The van der Waals surface area contributed by atoms with E-state index in [1.807, 2.05) is 13.8 Å². The number of carbonyl (C=O) groups is 2. The predicted octanol–water partition coefficient (Wildman–Crippen LogP) is 0.994. The van der Waals surface area contributed by atoms with Gasteiger partial charge in [0, 0.05) is 18.1 Å². The van der Waals surface area contributed by atoms with Crippen molar-refractivity contribution in [3.63, 3.8) is 0 Å². The summed E-state index contributed by atoms with van der Waals surface area (Å²) < 4.78 is 0. The monoisotopic (exact) mass is 260 g/mol. The highest BCUT2D eigenvalue weighted by molar-refractivity contribution is 5.81. The van der Waals surface area contributed by atoms with Crippen LogP contribution in [0.15, 0.2) is 0 Å². The number of carboxylic acids is 1. The third kappa shape index (κ3) is 4.91. The van der Waals surface area contributed by atoms with E-state index < -0.39 is 11.5 Å². The van der Waals surface area contributed by atoms with E-state index in [0.29, 0.717) is 0 Å². The molecule has 18 heavy (non-hydrogen) atoms. The van der Waals surface area contributed by atoms with E-state index in [9.17, 15) is 9.59 Å². The van der Waals surface area contributed by atoms with E-state index in [1.165, 1.54) is 9.80 Å². The number of hydrogen-bond donors (Lipinski definition) is 2. The Hall–Kier alpha value is -1.30. The smallest absolute Gasteiger partial charge is 0.323 e. The minimum atomic E-state index is -1.05. The van der Waals surface area contributed by atoms with Gasteiger partial charge in [-0.15, -0.1) is 0 Å². The van der Waals surface area contributed by atoms with Crippen molar-refractivity contribution >= 4 is 12.0 Å². The number of aliphatic carboxylic acids is 1. The lowest BCUT2D eigenvalue weighted by molar-refractivity contribution is -0.138. The van der Waals surface area contributed by atoms with Gasteiger partial charge in [-0.05, 0) is 34.6 Å². The van der Waals surface area contributed by atoms with Crippen LogP contribution in [0.2, 0.25) is 0 Å². The number of rotatable bonds is 5. The molecule has 0 spiro atoms. The number of aliphatic hydroxyl groups excluding tert-OH is 1. The van der Waals surface area contributed by atoms with Crippen molar-refractivity contribution in [1.82, 2.24) is 9.80 Å². The standard InChI is InChI=1S/C12H24N2O4/c1-9(2)13(6-7-15)11(18)14(8-10(16)17)12(3,4)5/h9,15H,6-8H2,1-5H3,(H,16,17). The summed E-state index contributed by atoms with van der Waals surface area (Å²) in [5, 5.41) is 17.9. The predicted molar refractivity (Wildman–Crippen MR) is 68.4 cm³/mol. The van der Waals surface area contributed by atoms with Gasteiger partial charge in [0.15, 0.2) is 0 Å². The molecule has 0 fully saturated rings. The van der Waals surface area contributed by atoms with Crippen LogP contribution in [-0.2, 0) is 4.79 Å². The molecule has 2 amide bonds. The number of carboxylic acid groups (broad SMARTS) is 1. The van der Waals surface area contributed by atoms with E-state index >= 15 is 0 Å². The van der Waals surface area contributed by atoms with E-state index in [1.54, 1.807) is 20.8 Å². The molecule has 2 N–H and O–H groups in total. The quantitative estimate of drug-likeness (QED) is 0.772. The Balaban J connectivity index is 5.09. The molecule has 0 saturated heterocycles. The van der Waals surface area contributed by atoms with E-state index in [0.717, 1.165) is 0 Å². The molecule has 0 aliphatic carbocycles. The Morgan fingerprint density at radius 2 is 1.72 bits per heavy atom. The van der Waals surface area contributed by atoms with Crippen LogP contribution in [0, 0.1) is 0 Å². The molecule has 0 aliphatic rings. The lowest BCUT2D eigenvalue weighted by Gasteiger charge is -2.39. The molecule has 0 aromatic rings. The summed E-state index contributed by atoms with van der Waals surface area (Å²) in [5.41, 5.74) is -0.585. The maximum absolute atomic E-state index is 12.3. The van der Waals surface area contributed by atoms with Gasteiger partial charge in [-0.2, -0.15) is 0 Å². The first-order chi connectivity index (χ1) is 8.11. The second-order valence-corrected chi connectivity index (χ2v) is 5.44. The topological polar surface area (TPSA) is 81.1 Å². The molecule has 0 radical (unpaired) electrons. The Morgan fingerprint density at radius 3 is 2.00 bits per heavy atom. The third-order valence-corrected chi connectivity index (χ3v) is 2.54. The first-order valence-corrected chi connectivity index (χ1v) is 6.02. The normalized spacial score (nSPS) is 11.5. The highest BCUT2D eigenvalue weighted by Gasteiger charge is 2.32. The summed E-state index contributed by atoms with van der Waals surface area (Å²) >= 11 is 0. The Kier molecular flexibility index (Phi) is 6.11. The first kappa shape index (κ1) is 16.7. The molecule has 0 rings (SSSR count). The number of urea groups is 1. The number of aliphatic hydroxyl groups is 1. The molecule has 0 aromatic heterocycles. The van der Waals surface area contributed by atoms with Gasteiger partial charge in [0.25, 0.3) is 0 Å². The molecule has 0 saturated carbocycles. The van der Waals surface area contributed by atoms with Crippen LogP contribution in [0.25, 0.3) is 0 Å². The second-order valence-electron chi connectivity index (χ2n) is 5.44. The third-order valence-electron chi connectivity index (χ3n) is 2.54. The molecule has 106 valence electrons. The lowest BCUT2D eigenvalue weighted by Crippen LogP contribution is -2.55. The molecule has 0 heterocycles. The summed E-state index contributed by atoms with van der Waals surface area (Å²) in [4.78, 5) is 25.9. The van der Waals surface area contributed by atoms with Crippen LogP contribution < -0.4 is 0 Å². The minimum absolute atomic E-state index is 0.0942. The fourth-order valence-electron chi connectivity index (χ4n) is 1.56. The SMILES string of the molecule is CC(C)N(CCO)C(=O)N(CC(=O)O)C(C)(C)C. The van der Waals surface area contributed by atoms with E-state index in [4.69, 9.17) is 10.2 Å². The summed E-state index contributed by atoms with van der Waals surface area (Å²) in [6, 6.07) is -0.461. The van der Waals surface area contributed by atoms with Crippen molar-refractivity contribution < 1.29 is 19.8 Å². The fraction of sp³-hybridized carbons (Fsp3) is 0.833. The molecular weight excluding hydrogens is 236 g/mol. The second kappa shape index (κ2) is 6.58. The molecule has 0 unspecified atom stereocenters. The Bertz CT molecular complexity index is 297. The van der Waals surface area contributed by atoms with Crippen molar-refractivity contribution in [2.45, 2.75) is 46.2 Å². The van der Waals surface area contributed by atoms with E-state index in [-0.39, 0.29) is 31.8 Å². The highest BCUT2D eigenvalue weighted by atomic mass is 16.4. The van der Waals surface area contributed by atoms with Gasteiger partial charge < -0.3 is 20.0 Å². The maximum Gasteiger partial charge on any atom is 0.323 e. The number of carbonyl (C=O) groups excluding carboxylic acids is 1. The highest BCUT2D eigenvalue weighted by Crippen LogP contribution is 2.16. The summed E-state index contributed by atoms with van der Waals surface area (Å²) in [6.45, 7) is 8.71. The van der Waals surface area contributed by atoms with Crippen molar-refractivity contribution in [2.24, 2.45) is 0 Å². The van der Waals surface area contributed by atoms with Crippen molar-refractivity contribution in [3.05, 3.63) is 0 Å². The van der Waals surface area contributed by atoms with Gasteiger partial charge in [-0.1, -0.05) is 0 Å². The molecule has 0 atom stereocenters. The van der Waals surface area contributed by atoms with E-state index in [2.05, 4.69) is 0 Å². The minimum Gasteiger partial charge on any atom is -0.480 e. The Labute approximate surface area is 108 Å². The zero-order valence-corrected chi connectivity index (χ0v) is 11.8. The van der Waals surface area contributed by atoms with Crippen LogP contribution in [0.1, 0.15) is 34.6 Å². The van der Waals surface area contributed by atoms with Gasteiger partial charge >= 0.3 is 12.0 Å².